The van der Waals surface area contributed by atoms with Crippen LogP contribution in [0.25, 0.3) is 0 Å². The number of H-pyrrole nitrogens is 4. The summed E-state index contributed by atoms with van der Waals surface area (Å²) in [5.41, 5.74) is -1.54. The van der Waals surface area contributed by atoms with Crippen molar-refractivity contribution in [1.82, 2.24) is 80.0 Å². The number of nitrogens with zero attached hydrogens (tertiary/aromatic N) is 13. The van der Waals surface area contributed by atoms with E-state index in [1.807, 2.05) is 76.7 Å². The van der Waals surface area contributed by atoms with Gasteiger partial charge < -0.3 is 34.3 Å². The third-order valence-electron chi connectivity index (χ3n) is 21.9. The summed E-state index contributed by atoms with van der Waals surface area (Å²) in [4.78, 5) is 78.0. The molecule has 2 atom stereocenters. The molecule has 4 aliphatic heterocycles. The fraction of sp³-hybridized carbons (Fsp3) is 0.518. The SMILES string of the molecule is CC1CCCC(C)N1CCN(Cc1ccccc1Cl)C(=O)c1cc(C(F)(F)F)[nH]n1.Cc1cccc(CN(CCN2CCCCCC2)C(=O)c2cc(C(F)(F)F)[nH]n2)c1Cl.Cc1cccc(CN(CCN2CCCCCC2)C(=O)c2cc(C(F)(F)F)[nH]n2)c1Cl.O=C(c1cc(C(F)(F)F)[nH]n1)N(CCN1CCCCCC1)Cc1c(Cl)cccc1[N+](=O)[O-]. The van der Waals surface area contributed by atoms with Crippen molar-refractivity contribution in [3.63, 3.8) is 0 Å². The third-order valence-corrected chi connectivity index (χ3v) is 23.7. The molecule has 4 amide bonds. The van der Waals surface area contributed by atoms with Crippen LogP contribution in [0, 0.1) is 24.0 Å². The Bertz CT molecular complexity index is 4560. The zero-order chi connectivity index (χ0) is 88.6. The van der Waals surface area contributed by atoms with Crippen molar-refractivity contribution in [1.29, 1.82) is 0 Å². The lowest BCUT2D eigenvalue weighted by Gasteiger charge is -2.40. The number of nitrogens with one attached hydrogen (secondary N) is 4. The van der Waals surface area contributed by atoms with E-state index in [0.717, 1.165) is 149 Å². The van der Waals surface area contributed by atoms with Crippen LogP contribution in [0.3, 0.4) is 0 Å². The van der Waals surface area contributed by atoms with Crippen molar-refractivity contribution in [2.24, 2.45) is 0 Å². The Hall–Kier alpha value is -8.84. The first-order valence-electron chi connectivity index (χ1n) is 40.6. The van der Waals surface area contributed by atoms with Gasteiger partial charge in [0.25, 0.3) is 29.3 Å². The summed E-state index contributed by atoms with van der Waals surface area (Å²) in [6.07, 6.45) is -1.49. The monoisotopic (exact) mass is 1800 g/mol. The number of rotatable bonds is 25. The number of aryl methyl sites for hydroxylation is 2. The summed E-state index contributed by atoms with van der Waals surface area (Å²) >= 11 is 25.2. The Kier molecular flexibility index (Phi) is 35.9. The molecule has 4 N–H and O–H groups in total. The number of piperidine rings is 1. The highest BCUT2D eigenvalue weighted by Gasteiger charge is 2.40. The Morgan fingerprint density at radius 3 is 1.02 bits per heavy atom. The van der Waals surface area contributed by atoms with E-state index in [-0.39, 0.29) is 66.1 Å². The largest absolute Gasteiger partial charge is 0.432 e. The van der Waals surface area contributed by atoms with Crippen molar-refractivity contribution in [2.75, 3.05) is 91.6 Å². The van der Waals surface area contributed by atoms with E-state index in [1.165, 1.54) is 69.9 Å². The molecule has 122 heavy (non-hydrogen) atoms. The predicted octanol–water partition coefficient (Wildman–Crippen LogP) is 19.3. The second-order valence-electron chi connectivity index (χ2n) is 30.9. The minimum atomic E-state index is -4.68. The zero-order valence-corrected chi connectivity index (χ0v) is 71.1. The fourth-order valence-corrected chi connectivity index (χ4v) is 15.7. The van der Waals surface area contributed by atoms with Crippen LogP contribution in [0.1, 0.15) is 208 Å². The maximum absolute atomic E-state index is 13.1. The standard InChI is InChI=1S/3C21H26ClF3N4O.C20H23ClF3N5O3/c1-14-6-5-7-15(2)29(14)11-10-28(13-16-8-3-4-9-17(16)22)20(30)18-12-19(27-26-18)21(23,24)25;2*1-15-7-6-8-16(19(15)22)14-29(12-11-28-9-4-2-3-5-10-28)20(30)17-13-18(27-26-17)21(23,24)25;21-15-6-5-7-17(29(31)32)14(15)13-28(11-10-27-8-3-1-2-4-9-27)19(30)16-12-18(26-25-16)20(22,23)24/h3-4,8-9,12,14-15H,5-7,10-11,13H2,1-2H3,(H,26,27);2*6-8,13H,2-5,9-12,14H2,1H3,(H,26,27);5-7,12H,1-4,8-11,13H2,(H,25,26). The van der Waals surface area contributed by atoms with Crippen LogP contribution in [-0.4, -0.2) is 212 Å². The van der Waals surface area contributed by atoms with Gasteiger partial charge >= 0.3 is 24.7 Å². The van der Waals surface area contributed by atoms with Crippen LogP contribution >= 0.6 is 46.4 Å². The van der Waals surface area contributed by atoms with Gasteiger partial charge in [-0.15, -0.1) is 0 Å². The van der Waals surface area contributed by atoms with Crippen molar-refractivity contribution in [3.05, 3.63) is 212 Å². The molecule has 23 nitrogen and oxygen atoms in total. The number of alkyl halides is 12. The fourth-order valence-electron chi connectivity index (χ4n) is 15.0. The average molecular weight is 1800 g/mol. The summed E-state index contributed by atoms with van der Waals surface area (Å²) < 4.78 is 155. The number of carbonyl (C=O) groups excluding carboxylic acids is 4. The number of hydrogen-bond donors (Lipinski definition) is 4. The molecule has 4 fully saturated rings. The van der Waals surface area contributed by atoms with Gasteiger partial charge in [0.1, 0.15) is 22.8 Å². The Labute approximate surface area is 719 Å². The lowest BCUT2D eigenvalue weighted by Crippen LogP contribution is -2.48. The minimum Gasteiger partial charge on any atom is -0.332 e. The number of benzene rings is 4. The second-order valence-corrected chi connectivity index (χ2v) is 32.5. The van der Waals surface area contributed by atoms with Crippen LogP contribution in [0.15, 0.2) is 103 Å². The van der Waals surface area contributed by atoms with E-state index in [0.29, 0.717) is 79.0 Å². The van der Waals surface area contributed by atoms with E-state index in [4.69, 9.17) is 46.4 Å². The number of carbonyl (C=O) groups is 4. The number of amides is 4. The molecule has 2 unspecified atom stereocenters. The number of aromatic amines is 4. The van der Waals surface area contributed by atoms with Crippen molar-refractivity contribution in [3.8, 4) is 0 Å². The predicted molar refractivity (Wildman–Crippen MR) is 439 cm³/mol. The molecule has 39 heteroatoms. The zero-order valence-electron chi connectivity index (χ0n) is 68.1. The summed E-state index contributed by atoms with van der Waals surface area (Å²) in [5.74, 6) is -2.41. The second kappa shape index (κ2) is 45.2. The molecule has 666 valence electrons. The quantitative estimate of drug-likeness (QED) is 0.0236. The van der Waals surface area contributed by atoms with Gasteiger partial charge in [0.15, 0.2) is 22.8 Å². The summed E-state index contributed by atoms with van der Waals surface area (Å²) in [6, 6.07) is 26.1. The Morgan fingerprint density at radius 1 is 0.410 bits per heavy atom. The average Bonchev–Trinajstić information content (AvgIpc) is 1.59. The lowest BCUT2D eigenvalue weighted by atomic mass is 9.97. The van der Waals surface area contributed by atoms with Crippen LogP contribution in [0.2, 0.25) is 20.1 Å². The number of nitro groups is 1. The smallest absolute Gasteiger partial charge is 0.332 e. The van der Waals surface area contributed by atoms with Gasteiger partial charge in [-0.1, -0.05) is 152 Å². The molecule has 8 heterocycles. The molecule has 4 aromatic heterocycles. The molecule has 12 rings (SSSR count). The molecule has 0 radical (unpaired) electrons. The first kappa shape index (κ1) is 97.0. The van der Waals surface area contributed by atoms with Crippen molar-refractivity contribution >= 4 is 75.7 Å². The minimum absolute atomic E-state index is 0.102. The van der Waals surface area contributed by atoms with Crippen LogP contribution in [0.4, 0.5) is 58.4 Å². The molecule has 4 saturated heterocycles. The highest BCUT2D eigenvalue weighted by Crippen LogP contribution is 2.35. The number of hydrogen-bond acceptors (Lipinski definition) is 14. The molecule has 4 aliphatic rings. The molecular formula is C83H101Cl4F12N17O6. The van der Waals surface area contributed by atoms with Crippen molar-refractivity contribution < 1.29 is 76.8 Å². The van der Waals surface area contributed by atoms with E-state index < -0.39 is 81.7 Å². The van der Waals surface area contributed by atoms with Gasteiger partial charge in [0.2, 0.25) is 0 Å². The molecule has 0 bridgehead atoms. The van der Waals surface area contributed by atoms with Gasteiger partial charge in [-0.3, -0.25) is 54.6 Å². The van der Waals surface area contributed by atoms with E-state index in [1.54, 1.807) is 18.2 Å². The molecule has 8 aromatic rings. The Balaban J connectivity index is 0.000000185. The highest BCUT2D eigenvalue weighted by atomic mass is 35.5. The van der Waals surface area contributed by atoms with E-state index in [2.05, 4.69) is 53.8 Å². The number of aromatic nitrogens is 8. The molecule has 0 spiro atoms. The number of likely N-dealkylation sites (tertiary alicyclic amines) is 4. The Morgan fingerprint density at radius 2 is 0.705 bits per heavy atom. The summed E-state index contributed by atoms with van der Waals surface area (Å²) in [7, 11) is 0. The molecular weight excluding hydrogens is 1700 g/mol. The van der Waals surface area contributed by atoms with E-state index in [9.17, 15) is 82.0 Å². The molecule has 4 aromatic carbocycles. The van der Waals surface area contributed by atoms with Crippen molar-refractivity contribution in [2.45, 2.75) is 187 Å². The summed E-state index contributed by atoms with van der Waals surface area (Å²) in [6.45, 7) is 17.8. The molecule has 0 saturated carbocycles. The van der Waals surface area contributed by atoms with Gasteiger partial charge in [0.05, 0.1) is 22.1 Å². The summed E-state index contributed by atoms with van der Waals surface area (Å²) in [5, 5.41) is 35.1. The topological polar surface area (TPSA) is 252 Å². The third kappa shape index (κ3) is 28.6. The van der Waals surface area contributed by atoms with Crippen LogP contribution in [-0.2, 0) is 50.9 Å². The number of nitro benzene ring substituents is 1. The maximum Gasteiger partial charge on any atom is 0.432 e. The molecule has 0 aliphatic carbocycles. The highest BCUT2D eigenvalue weighted by molar-refractivity contribution is 6.33. The first-order valence-corrected chi connectivity index (χ1v) is 42.1. The van der Waals surface area contributed by atoms with Gasteiger partial charge in [0, 0.05) is 129 Å². The van der Waals surface area contributed by atoms with Gasteiger partial charge in [-0.2, -0.15) is 73.1 Å². The lowest BCUT2D eigenvalue weighted by molar-refractivity contribution is -0.385. The van der Waals surface area contributed by atoms with Gasteiger partial charge in [-0.25, -0.2) is 0 Å². The van der Waals surface area contributed by atoms with Crippen LogP contribution in [0.5, 0.6) is 0 Å². The normalized spacial score (nSPS) is 16.8. The first-order chi connectivity index (χ1) is 57.8. The van der Waals surface area contributed by atoms with E-state index >= 15 is 0 Å². The van der Waals surface area contributed by atoms with Gasteiger partial charge in [-0.05, 0) is 158 Å². The maximum atomic E-state index is 13.1. The number of halogens is 16. The van der Waals surface area contributed by atoms with Crippen LogP contribution < -0.4 is 0 Å².